The summed E-state index contributed by atoms with van der Waals surface area (Å²) < 4.78 is 13.4. The van der Waals surface area contributed by atoms with Crippen molar-refractivity contribution < 1.29 is 14.3 Å². The molecule has 30 heavy (non-hydrogen) atoms. The highest BCUT2D eigenvalue weighted by molar-refractivity contribution is 5.81. The molecule has 0 bridgehead atoms. The number of fused-ring (bicyclic) bond motifs is 1. The number of carbonyl (C=O) groups excluding carboxylic acids is 1. The number of rotatable bonds is 6. The van der Waals surface area contributed by atoms with E-state index in [1.54, 1.807) is 7.11 Å². The van der Waals surface area contributed by atoms with E-state index in [1.807, 2.05) is 47.4 Å². The van der Waals surface area contributed by atoms with Crippen molar-refractivity contribution in [2.24, 2.45) is 0 Å². The maximum absolute atomic E-state index is 12.6. The first-order chi connectivity index (χ1) is 14.4. The molecule has 1 aromatic heterocycles. The van der Waals surface area contributed by atoms with Gasteiger partial charge in [-0.2, -0.15) is 0 Å². The van der Waals surface area contributed by atoms with E-state index in [-0.39, 0.29) is 17.4 Å². The maximum atomic E-state index is 12.6. The third-order valence-corrected chi connectivity index (χ3v) is 5.63. The summed E-state index contributed by atoms with van der Waals surface area (Å²) in [6.07, 6.45) is 0.500. The van der Waals surface area contributed by atoms with E-state index in [0.29, 0.717) is 26.1 Å². The first-order valence-corrected chi connectivity index (χ1v) is 10.4. The Hall–Kier alpha value is -3.02. The van der Waals surface area contributed by atoms with E-state index >= 15 is 0 Å². The molecule has 0 N–H and O–H groups in total. The Balaban J connectivity index is 1.55. The van der Waals surface area contributed by atoms with Gasteiger partial charge in [0.05, 0.1) is 24.7 Å². The third kappa shape index (κ3) is 3.99. The normalized spacial score (nSPS) is 17.0. The Bertz CT molecular complexity index is 1030. The van der Waals surface area contributed by atoms with Gasteiger partial charge < -0.3 is 18.9 Å². The van der Waals surface area contributed by atoms with Crippen LogP contribution in [0.4, 0.5) is 0 Å². The van der Waals surface area contributed by atoms with Gasteiger partial charge in [0.2, 0.25) is 5.91 Å². The first kappa shape index (κ1) is 20.3. The van der Waals surface area contributed by atoms with Crippen molar-refractivity contribution in [2.45, 2.75) is 45.2 Å². The lowest BCUT2D eigenvalue weighted by atomic mass is 10.1. The number of para-hydroxylation sites is 2. The Morgan fingerprint density at radius 3 is 2.43 bits per heavy atom. The van der Waals surface area contributed by atoms with E-state index < -0.39 is 0 Å². The summed E-state index contributed by atoms with van der Waals surface area (Å²) in [5, 5.41) is 0. The number of benzene rings is 2. The third-order valence-electron chi connectivity index (χ3n) is 5.63. The van der Waals surface area contributed by atoms with Crippen LogP contribution < -0.4 is 9.47 Å². The molecule has 0 unspecified atom stereocenters. The lowest BCUT2D eigenvalue weighted by molar-refractivity contribution is -0.131. The van der Waals surface area contributed by atoms with E-state index in [0.717, 1.165) is 28.4 Å². The zero-order valence-electron chi connectivity index (χ0n) is 18.1. The molecule has 1 fully saturated rings. The van der Waals surface area contributed by atoms with Crippen LogP contribution in [0.25, 0.3) is 11.0 Å². The molecule has 6 heteroatoms. The Morgan fingerprint density at radius 1 is 1.07 bits per heavy atom. The molecule has 0 aliphatic carbocycles. The smallest absolute Gasteiger partial charge is 0.223 e. The molecule has 158 valence electrons. The lowest BCUT2D eigenvalue weighted by Crippen LogP contribution is -2.42. The molecule has 1 atom stereocenters. The van der Waals surface area contributed by atoms with E-state index in [9.17, 15) is 4.79 Å². The van der Waals surface area contributed by atoms with Crippen LogP contribution in [0.2, 0.25) is 0 Å². The van der Waals surface area contributed by atoms with Gasteiger partial charge in [-0.05, 0) is 57.2 Å². The fraction of sp³-hybridized carbons (Fsp3) is 0.417. The second-order valence-corrected chi connectivity index (χ2v) is 8.71. The maximum Gasteiger partial charge on any atom is 0.223 e. The van der Waals surface area contributed by atoms with Crippen LogP contribution in [0.5, 0.6) is 11.5 Å². The molecule has 1 saturated heterocycles. The van der Waals surface area contributed by atoms with Crippen LogP contribution in [0.3, 0.4) is 0 Å². The number of hydrogen-bond acceptors (Lipinski definition) is 4. The highest BCUT2D eigenvalue weighted by Crippen LogP contribution is 2.33. The fourth-order valence-electron chi connectivity index (χ4n) is 4.10. The molecular weight excluding hydrogens is 378 g/mol. The number of aromatic nitrogens is 2. The largest absolute Gasteiger partial charge is 0.497 e. The second kappa shape index (κ2) is 8.01. The number of hydrogen-bond donors (Lipinski definition) is 0. The minimum atomic E-state index is -0.180. The molecule has 1 aliphatic rings. The van der Waals surface area contributed by atoms with Gasteiger partial charge in [-0.3, -0.25) is 4.79 Å². The molecular formula is C24H29N3O3. The monoisotopic (exact) mass is 407 g/mol. The summed E-state index contributed by atoms with van der Waals surface area (Å²) in [7, 11) is 1.65. The van der Waals surface area contributed by atoms with Crippen LogP contribution in [0.15, 0.2) is 48.5 Å². The Morgan fingerprint density at radius 2 is 1.77 bits per heavy atom. The van der Waals surface area contributed by atoms with E-state index in [2.05, 4.69) is 31.4 Å². The highest BCUT2D eigenvalue weighted by atomic mass is 16.5. The van der Waals surface area contributed by atoms with Crippen LogP contribution in [-0.2, 0) is 11.3 Å². The SMILES string of the molecule is COc1ccc(OCCn2c([C@@H]3CC(=O)N(C(C)(C)C)C3)nc3ccccc32)cc1. The van der Waals surface area contributed by atoms with Crippen LogP contribution in [0.1, 0.15) is 38.9 Å². The van der Waals surface area contributed by atoms with Gasteiger partial charge in [0.15, 0.2) is 0 Å². The average Bonchev–Trinajstić information content (AvgIpc) is 3.29. The summed E-state index contributed by atoms with van der Waals surface area (Å²) in [6.45, 7) is 8.13. The summed E-state index contributed by atoms with van der Waals surface area (Å²) in [5.74, 6) is 2.86. The first-order valence-electron chi connectivity index (χ1n) is 10.4. The zero-order valence-corrected chi connectivity index (χ0v) is 18.1. The van der Waals surface area contributed by atoms with Crippen molar-refractivity contribution in [3.05, 3.63) is 54.4 Å². The molecule has 2 aromatic carbocycles. The molecule has 1 aliphatic heterocycles. The summed E-state index contributed by atoms with van der Waals surface area (Å²) in [6, 6.07) is 15.7. The predicted octanol–water partition coefficient (Wildman–Crippen LogP) is 4.24. The summed E-state index contributed by atoms with van der Waals surface area (Å²) in [5.41, 5.74) is 1.85. The number of methoxy groups -OCH3 is 1. The fourth-order valence-corrected chi connectivity index (χ4v) is 4.10. The second-order valence-electron chi connectivity index (χ2n) is 8.71. The van der Waals surface area contributed by atoms with Gasteiger partial charge in [0, 0.05) is 24.4 Å². The summed E-state index contributed by atoms with van der Waals surface area (Å²) >= 11 is 0. The average molecular weight is 408 g/mol. The van der Waals surface area contributed by atoms with Gasteiger partial charge in [-0.1, -0.05) is 12.1 Å². The lowest BCUT2D eigenvalue weighted by Gasteiger charge is -2.32. The van der Waals surface area contributed by atoms with Crippen LogP contribution >= 0.6 is 0 Å². The van der Waals surface area contributed by atoms with Crippen molar-refractivity contribution >= 4 is 16.9 Å². The molecule has 0 spiro atoms. The van der Waals surface area contributed by atoms with E-state index in [4.69, 9.17) is 14.5 Å². The van der Waals surface area contributed by atoms with Crippen molar-refractivity contribution in [3.8, 4) is 11.5 Å². The molecule has 6 nitrogen and oxygen atoms in total. The molecule has 0 saturated carbocycles. The van der Waals surface area contributed by atoms with Crippen LogP contribution in [-0.4, -0.2) is 46.2 Å². The van der Waals surface area contributed by atoms with Crippen molar-refractivity contribution in [2.75, 3.05) is 20.3 Å². The topological polar surface area (TPSA) is 56.6 Å². The van der Waals surface area contributed by atoms with Gasteiger partial charge in [0.1, 0.15) is 23.9 Å². The molecule has 2 heterocycles. The molecule has 4 rings (SSSR count). The Labute approximate surface area is 177 Å². The van der Waals surface area contributed by atoms with Gasteiger partial charge in [-0.25, -0.2) is 4.98 Å². The predicted molar refractivity (Wildman–Crippen MR) is 117 cm³/mol. The molecule has 1 amide bonds. The van der Waals surface area contributed by atoms with Gasteiger partial charge in [0.25, 0.3) is 0 Å². The minimum Gasteiger partial charge on any atom is -0.497 e. The minimum absolute atomic E-state index is 0.0881. The van der Waals surface area contributed by atoms with Crippen molar-refractivity contribution in [1.82, 2.24) is 14.5 Å². The van der Waals surface area contributed by atoms with Gasteiger partial charge >= 0.3 is 0 Å². The van der Waals surface area contributed by atoms with E-state index in [1.165, 1.54) is 0 Å². The molecule has 0 radical (unpaired) electrons. The Kier molecular flexibility index (Phi) is 5.41. The summed E-state index contributed by atoms with van der Waals surface area (Å²) in [4.78, 5) is 19.5. The molecule has 3 aromatic rings. The number of likely N-dealkylation sites (tertiary alicyclic amines) is 1. The van der Waals surface area contributed by atoms with Gasteiger partial charge in [-0.15, -0.1) is 0 Å². The number of imidazole rings is 1. The standard InChI is InChI=1S/C24H29N3O3/c1-24(2,3)27-16-17(15-22(27)28)23-25-20-7-5-6-8-21(20)26(23)13-14-30-19-11-9-18(29-4)10-12-19/h5-12,17H,13-16H2,1-4H3/t17-/m1/s1. The quantitative estimate of drug-likeness (QED) is 0.613. The number of ether oxygens (including phenoxy) is 2. The number of amides is 1. The van der Waals surface area contributed by atoms with Crippen molar-refractivity contribution in [1.29, 1.82) is 0 Å². The van der Waals surface area contributed by atoms with Crippen molar-refractivity contribution in [3.63, 3.8) is 0 Å². The highest BCUT2D eigenvalue weighted by Gasteiger charge is 2.38. The number of carbonyl (C=O) groups is 1. The number of nitrogens with zero attached hydrogens (tertiary/aromatic N) is 3. The zero-order chi connectivity index (χ0) is 21.3. The van der Waals surface area contributed by atoms with Crippen LogP contribution in [0, 0.1) is 0 Å².